The van der Waals surface area contributed by atoms with Gasteiger partial charge in [-0.1, -0.05) is 18.2 Å². The van der Waals surface area contributed by atoms with Crippen LogP contribution in [-0.4, -0.2) is 61.4 Å². The summed E-state index contributed by atoms with van der Waals surface area (Å²) < 4.78 is 24.4. The van der Waals surface area contributed by atoms with Crippen molar-refractivity contribution in [3.05, 3.63) is 94.0 Å². The number of nitrogens with zero attached hydrogens (tertiary/aromatic N) is 2. The second-order valence-electron chi connectivity index (χ2n) is 12.1. The monoisotopic (exact) mass is 594 g/mol. The molecule has 0 spiro atoms. The average molecular weight is 595 g/mol. The van der Waals surface area contributed by atoms with Crippen LogP contribution in [-0.2, 0) is 25.7 Å². The molecule has 10 bridgehead atoms. The Bertz CT molecular complexity index is 1720. The summed E-state index contributed by atoms with van der Waals surface area (Å²) in [7, 11) is 7.48. The number of rotatable bonds is 2. The van der Waals surface area contributed by atoms with Gasteiger partial charge in [0.15, 0.2) is 34.5 Å². The summed E-state index contributed by atoms with van der Waals surface area (Å²) in [6, 6.07) is 19.8. The molecule has 2 N–H and O–H groups in total. The minimum absolute atomic E-state index is 0.00740. The highest BCUT2D eigenvalue weighted by Crippen LogP contribution is 2.50. The van der Waals surface area contributed by atoms with E-state index in [1.165, 1.54) is 5.56 Å². The third-order valence-corrected chi connectivity index (χ3v) is 9.48. The van der Waals surface area contributed by atoms with E-state index in [-0.39, 0.29) is 23.6 Å². The van der Waals surface area contributed by atoms with Gasteiger partial charge < -0.3 is 29.2 Å². The van der Waals surface area contributed by atoms with E-state index in [9.17, 15) is 10.2 Å². The van der Waals surface area contributed by atoms with E-state index in [1.54, 1.807) is 20.3 Å². The zero-order chi connectivity index (χ0) is 30.5. The third kappa shape index (κ3) is 4.98. The number of methoxy groups -OCH3 is 2. The van der Waals surface area contributed by atoms with E-state index in [0.717, 1.165) is 60.2 Å². The van der Waals surface area contributed by atoms with Crippen LogP contribution >= 0.6 is 0 Å². The summed E-state index contributed by atoms with van der Waals surface area (Å²) >= 11 is 0. The van der Waals surface area contributed by atoms with E-state index < -0.39 is 0 Å². The summed E-state index contributed by atoms with van der Waals surface area (Å²) in [5.41, 5.74) is 6.58. The number of aromatic hydroxyl groups is 2. The number of likely N-dealkylation sites (N-methyl/N-ethyl adjacent to an activating group) is 2. The van der Waals surface area contributed by atoms with Crippen LogP contribution in [0.1, 0.15) is 45.5 Å². The third-order valence-electron chi connectivity index (χ3n) is 9.48. The van der Waals surface area contributed by atoms with Gasteiger partial charge in [0.25, 0.3) is 0 Å². The van der Waals surface area contributed by atoms with Gasteiger partial charge in [-0.3, -0.25) is 9.80 Å². The smallest absolute Gasteiger partial charge is 0.201 e. The van der Waals surface area contributed by atoms with Crippen LogP contribution in [0.2, 0.25) is 0 Å². The van der Waals surface area contributed by atoms with Crippen molar-refractivity contribution >= 4 is 0 Å². The van der Waals surface area contributed by atoms with Crippen molar-refractivity contribution in [2.75, 3.05) is 41.4 Å². The lowest BCUT2D eigenvalue weighted by atomic mass is 9.87. The fourth-order valence-corrected chi connectivity index (χ4v) is 6.93. The van der Waals surface area contributed by atoms with E-state index in [4.69, 9.17) is 18.9 Å². The molecule has 0 fully saturated rings. The lowest BCUT2D eigenvalue weighted by Crippen LogP contribution is -2.34. The normalized spacial score (nSPS) is 19.6. The first kappa shape index (κ1) is 28.4. The van der Waals surface area contributed by atoms with Gasteiger partial charge in [0.2, 0.25) is 5.75 Å². The Hall–Kier alpha value is -4.40. The Labute approximate surface area is 258 Å². The SMILES string of the molecule is COc1cc2c3cc1Oc1c(O)c(OC)cc4c1CCN(C)C4Cc1ccc(cc1)Oc1cc(ccc1O)CC3N(C)CC2. The second-order valence-corrected chi connectivity index (χ2v) is 12.1. The van der Waals surface area contributed by atoms with Crippen molar-refractivity contribution in [3.63, 3.8) is 0 Å². The number of phenols is 2. The first-order chi connectivity index (χ1) is 21.3. The Morgan fingerprint density at radius 2 is 1.39 bits per heavy atom. The highest BCUT2D eigenvalue weighted by atomic mass is 16.5. The Kier molecular flexibility index (Phi) is 7.26. The number of fused-ring (bicyclic) bond motifs is 2. The Morgan fingerprint density at radius 3 is 2.14 bits per heavy atom. The van der Waals surface area contributed by atoms with Crippen LogP contribution in [0.25, 0.3) is 0 Å². The van der Waals surface area contributed by atoms with Crippen molar-refractivity contribution < 1.29 is 29.2 Å². The highest BCUT2D eigenvalue weighted by molar-refractivity contribution is 5.62. The molecule has 0 radical (unpaired) electrons. The summed E-state index contributed by atoms with van der Waals surface area (Å²) in [5, 5.41) is 22.1. The van der Waals surface area contributed by atoms with Crippen molar-refractivity contribution in [1.29, 1.82) is 0 Å². The number of ether oxygens (including phenoxy) is 4. The van der Waals surface area contributed by atoms with Crippen molar-refractivity contribution in [2.24, 2.45) is 0 Å². The number of hydrogen-bond donors (Lipinski definition) is 2. The minimum atomic E-state index is -0.00740. The molecule has 0 saturated heterocycles. The maximum Gasteiger partial charge on any atom is 0.201 e. The minimum Gasteiger partial charge on any atom is -0.504 e. The second kappa shape index (κ2) is 11.3. The molecule has 0 amide bonds. The quantitative estimate of drug-likeness (QED) is 0.270. The molecule has 8 rings (SSSR count). The standard InChI is InChI=1S/C36H38N2O6/c1-37-13-11-23-18-32(41-3)33-19-26(23)28(37)16-22-7-10-30(39)31(17-22)43-24-8-5-21(6-9-24)15-29-27-20-34(42-4)35(40)36(44-33)25(27)12-14-38(29)2/h5-10,17-20,28-29,39-40H,11-16H2,1-4H3. The van der Waals surface area contributed by atoms with Crippen molar-refractivity contribution in [3.8, 4) is 46.0 Å². The molecular formula is C36H38N2O6. The maximum absolute atomic E-state index is 11.5. The molecule has 8 heteroatoms. The van der Waals surface area contributed by atoms with Crippen molar-refractivity contribution in [2.45, 2.75) is 37.8 Å². The molecule has 4 aliphatic heterocycles. The van der Waals surface area contributed by atoms with Crippen LogP contribution < -0.4 is 18.9 Å². The predicted molar refractivity (Wildman–Crippen MR) is 168 cm³/mol. The highest BCUT2D eigenvalue weighted by Gasteiger charge is 2.33. The molecule has 44 heavy (non-hydrogen) atoms. The average Bonchev–Trinajstić information content (AvgIpc) is 3.03. The van der Waals surface area contributed by atoms with Gasteiger partial charge in [0, 0.05) is 30.7 Å². The van der Waals surface area contributed by atoms with E-state index in [1.807, 2.05) is 30.3 Å². The molecule has 0 aromatic heterocycles. The summed E-state index contributed by atoms with van der Waals surface area (Å²) in [6.07, 6.45) is 3.05. The first-order valence-corrected chi connectivity index (χ1v) is 15.1. The molecule has 8 nitrogen and oxygen atoms in total. The lowest BCUT2D eigenvalue weighted by molar-refractivity contribution is 0.224. The summed E-state index contributed by atoms with van der Waals surface area (Å²) in [5.74, 6) is 3.16. The fourth-order valence-electron chi connectivity index (χ4n) is 6.93. The van der Waals surface area contributed by atoms with Gasteiger partial charge in [0.1, 0.15) is 5.75 Å². The van der Waals surface area contributed by atoms with Gasteiger partial charge in [-0.15, -0.1) is 0 Å². The zero-order valence-electron chi connectivity index (χ0n) is 25.6. The van der Waals surface area contributed by atoms with Crippen LogP contribution in [0, 0.1) is 0 Å². The molecule has 0 saturated carbocycles. The van der Waals surface area contributed by atoms with Gasteiger partial charge in [-0.05, 0) is 110 Å². The molecule has 4 heterocycles. The summed E-state index contributed by atoms with van der Waals surface area (Å²) in [6.45, 7) is 1.71. The Balaban J connectivity index is 1.44. The van der Waals surface area contributed by atoms with Crippen LogP contribution in [0.4, 0.5) is 0 Å². The van der Waals surface area contributed by atoms with Crippen LogP contribution in [0.15, 0.2) is 60.7 Å². The van der Waals surface area contributed by atoms with Gasteiger partial charge in [-0.2, -0.15) is 0 Å². The van der Waals surface area contributed by atoms with E-state index in [0.29, 0.717) is 40.9 Å². The van der Waals surface area contributed by atoms with Crippen molar-refractivity contribution in [1.82, 2.24) is 9.80 Å². The molecule has 2 unspecified atom stereocenters. The molecule has 2 atom stereocenters. The molecule has 0 aliphatic carbocycles. The maximum atomic E-state index is 11.5. The predicted octanol–water partition coefficient (Wildman–Crippen LogP) is 6.56. The molecular weight excluding hydrogens is 556 g/mol. The topological polar surface area (TPSA) is 83.9 Å². The van der Waals surface area contributed by atoms with Crippen LogP contribution in [0.5, 0.6) is 46.0 Å². The number of phenolic OH excluding ortho intramolecular Hbond substituents is 2. The molecule has 4 aliphatic rings. The Morgan fingerprint density at radius 1 is 0.705 bits per heavy atom. The number of benzene rings is 4. The summed E-state index contributed by atoms with van der Waals surface area (Å²) in [4.78, 5) is 4.68. The number of hydrogen-bond acceptors (Lipinski definition) is 8. The molecule has 4 aromatic carbocycles. The van der Waals surface area contributed by atoms with E-state index in [2.05, 4.69) is 48.2 Å². The molecule has 4 aromatic rings. The van der Waals surface area contributed by atoms with Gasteiger partial charge in [-0.25, -0.2) is 0 Å². The first-order valence-electron chi connectivity index (χ1n) is 15.1. The van der Waals surface area contributed by atoms with Gasteiger partial charge >= 0.3 is 0 Å². The largest absolute Gasteiger partial charge is 0.504 e. The van der Waals surface area contributed by atoms with E-state index >= 15 is 0 Å². The van der Waals surface area contributed by atoms with Gasteiger partial charge in [0.05, 0.1) is 14.2 Å². The van der Waals surface area contributed by atoms with Crippen LogP contribution in [0.3, 0.4) is 0 Å². The molecule has 228 valence electrons. The fraction of sp³-hybridized carbons (Fsp3) is 0.333. The zero-order valence-corrected chi connectivity index (χ0v) is 25.6. The lowest BCUT2D eigenvalue weighted by Gasteiger charge is -2.37.